The molecule has 1 saturated heterocycles. The van der Waals surface area contributed by atoms with Gasteiger partial charge >= 0.3 is 0 Å². The van der Waals surface area contributed by atoms with Gasteiger partial charge in [0.05, 0.1) is 6.10 Å². The van der Waals surface area contributed by atoms with Crippen molar-refractivity contribution >= 4 is 0 Å². The molecule has 2 N–H and O–H groups in total. The van der Waals surface area contributed by atoms with Gasteiger partial charge in [-0.05, 0) is 24.9 Å². The number of benzene rings is 1. The van der Waals surface area contributed by atoms with Crippen molar-refractivity contribution in [3.63, 3.8) is 0 Å². The van der Waals surface area contributed by atoms with E-state index in [9.17, 15) is 5.11 Å². The molecular weight excluding hydrogens is 174 g/mol. The molecule has 0 saturated carbocycles. The molecule has 0 amide bonds. The number of piperidine rings is 1. The highest BCUT2D eigenvalue weighted by Crippen LogP contribution is 2.22. The summed E-state index contributed by atoms with van der Waals surface area (Å²) in [6, 6.07) is 10.1. The molecule has 0 bridgehead atoms. The van der Waals surface area contributed by atoms with Gasteiger partial charge in [-0.3, -0.25) is 0 Å². The SMILES string of the molecule is O[C@@H](c1ccccc1)[C@H]1CCCCN1. The molecule has 0 spiro atoms. The van der Waals surface area contributed by atoms with Crippen molar-refractivity contribution < 1.29 is 5.11 Å². The van der Waals surface area contributed by atoms with Crippen molar-refractivity contribution in [1.82, 2.24) is 5.32 Å². The van der Waals surface area contributed by atoms with Gasteiger partial charge in [0.15, 0.2) is 0 Å². The van der Waals surface area contributed by atoms with Crippen LogP contribution in [-0.2, 0) is 0 Å². The minimum Gasteiger partial charge on any atom is -0.387 e. The summed E-state index contributed by atoms with van der Waals surface area (Å²) in [6.45, 7) is 1.04. The van der Waals surface area contributed by atoms with Gasteiger partial charge in [-0.2, -0.15) is 0 Å². The number of aliphatic hydroxyl groups excluding tert-OH is 1. The third kappa shape index (κ3) is 2.14. The molecule has 1 aromatic rings. The van der Waals surface area contributed by atoms with Crippen LogP contribution >= 0.6 is 0 Å². The van der Waals surface area contributed by atoms with Crippen LogP contribution in [0.2, 0.25) is 0 Å². The van der Waals surface area contributed by atoms with Crippen LogP contribution in [0.15, 0.2) is 30.3 Å². The lowest BCUT2D eigenvalue weighted by molar-refractivity contribution is 0.114. The van der Waals surface area contributed by atoms with Gasteiger partial charge in [-0.1, -0.05) is 36.8 Å². The van der Waals surface area contributed by atoms with Gasteiger partial charge in [-0.25, -0.2) is 0 Å². The Morgan fingerprint density at radius 3 is 2.64 bits per heavy atom. The maximum Gasteiger partial charge on any atom is 0.0942 e. The Kier molecular flexibility index (Phi) is 3.17. The van der Waals surface area contributed by atoms with Crippen LogP contribution in [-0.4, -0.2) is 17.7 Å². The quantitative estimate of drug-likeness (QED) is 0.748. The lowest BCUT2D eigenvalue weighted by Gasteiger charge is -2.28. The van der Waals surface area contributed by atoms with E-state index < -0.39 is 0 Å². The van der Waals surface area contributed by atoms with Crippen molar-refractivity contribution in [2.45, 2.75) is 31.4 Å². The normalized spacial score (nSPS) is 24.5. The molecule has 2 nitrogen and oxygen atoms in total. The first kappa shape index (κ1) is 9.69. The molecule has 1 fully saturated rings. The van der Waals surface area contributed by atoms with Gasteiger partial charge in [0, 0.05) is 6.04 Å². The van der Waals surface area contributed by atoms with Crippen LogP contribution in [0.5, 0.6) is 0 Å². The average molecular weight is 191 g/mol. The number of aliphatic hydroxyl groups is 1. The molecule has 1 aliphatic heterocycles. The second-order valence-electron chi connectivity index (χ2n) is 3.91. The van der Waals surface area contributed by atoms with Crippen molar-refractivity contribution in [1.29, 1.82) is 0 Å². The highest BCUT2D eigenvalue weighted by molar-refractivity contribution is 5.18. The Hall–Kier alpha value is -0.860. The summed E-state index contributed by atoms with van der Waals surface area (Å²) < 4.78 is 0. The Morgan fingerprint density at radius 1 is 1.21 bits per heavy atom. The molecule has 1 aliphatic rings. The summed E-state index contributed by atoms with van der Waals surface area (Å²) in [7, 11) is 0. The summed E-state index contributed by atoms with van der Waals surface area (Å²) in [6.07, 6.45) is 3.19. The summed E-state index contributed by atoms with van der Waals surface area (Å²) in [4.78, 5) is 0. The molecule has 0 radical (unpaired) electrons. The van der Waals surface area contributed by atoms with Crippen molar-refractivity contribution in [2.75, 3.05) is 6.54 Å². The molecule has 14 heavy (non-hydrogen) atoms. The Balaban J connectivity index is 2.03. The zero-order valence-electron chi connectivity index (χ0n) is 8.32. The van der Waals surface area contributed by atoms with E-state index in [0.29, 0.717) is 0 Å². The van der Waals surface area contributed by atoms with Crippen LogP contribution in [0.1, 0.15) is 30.9 Å². The largest absolute Gasteiger partial charge is 0.387 e. The molecule has 1 aromatic carbocycles. The van der Waals surface area contributed by atoms with E-state index in [4.69, 9.17) is 0 Å². The summed E-state index contributed by atoms with van der Waals surface area (Å²) in [5.41, 5.74) is 1.02. The minimum atomic E-state index is -0.350. The van der Waals surface area contributed by atoms with Crippen molar-refractivity contribution in [2.24, 2.45) is 0 Å². The van der Waals surface area contributed by atoms with Crippen molar-refractivity contribution in [3.8, 4) is 0 Å². The predicted octanol–water partition coefficient (Wildman–Crippen LogP) is 1.86. The molecule has 0 unspecified atom stereocenters. The Morgan fingerprint density at radius 2 is 2.00 bits per heavy atom. The van der Waals surface area contributed by atoms with E-state index in [1.165, 1.54) is 12.8 Å². The smallest absolute Gasteiger partial charge is 0.0942 e. The van der Waals surface area contributed by atoms with E-state index in [0.717, 1.165) is 18.5 Å². The van der Waals surface area contributed by atoms with Gasteiger partial charge in [0.2, 0.25) is 0 Å². The number of nitrogens with one attached hydrogen (secondary N) is 1. The molecule has 2 heteroatoms. The summed E-state index contributed by atoms with van der Waals surface area (Å²) in [5, 5.41) is 13.5. The van der Waals surface area contributed by atoms with Gasteiger partial charge in [0.1, 0.15) is 0 Å². The average Bonchev–Trinajstić information content (AvgIpc) is 2.30. The highest BCUT2D eigenvalue weighted by atomic mass is 16.3. The predicted molar refractivity (Wildman–Crippen MR) is 57.0 cm³/mol. The van der Waals surface area contributed by atoms with E-state index in [1.54, 1.807) is 0 Å². The molecule has 2 rings (SSSR count). The lowest BCUT2D eigenvalue weighted by atomic mass is 9.95. The Bertz CT molecular complexity index is 267. The zero-order valence-corrected chi connectivity index (χ0v) is 8.32. The monoisotopic (exact) mass is 191 g/mol. The van der Waals surface area contributed by atoms with E-state index in [1.807, 2.05) is 30.3 Å². The molecule has 0 aliphatic carbocycles. The summed E-state index contributed by atoms with van der Waals surface area (Å²) in [5.74, 6) is 0. The van der Waals surface area contributed by atoms with Crippen LogP contribution in [0.4, 0.5) is 0 Å². The number of rotatable bonds is 2. The third-order valence-corrected chi connectivity index (χ3v) is 2.87. The second-order valence-corrected chi connectivity index (χ2v) is 3.91. The fraction of sp³-hybridized carbons (Fsp3) is 0.500. The first-order valence-electron chi connectivity index (χ1n) is 5.34. The molecule has 2 atom stereocenters. The first-order valence-corrected chi connectivity index (χ1v) is 5.34. The third-order valence-electron chi connectivity index (χ3n) is 2.87. The summed E-state index contributed by atoms with van der Waals surface area (Å²) >= 11 is 0. The van der Waals surface area contributed by atoms with Crippen LogP contribution in [0.25, 0.3) is 0 Å². The fourth-order valence-electron chi connectivity index (χ4n) is 2.03. The number of hydrogen-bond donors (Lipinski definition) is 2. The molecule has 0 aromatic heterocycles. The van der Waals surface area contributed by atoms with Gasteiger partial charge in [0.25, 0.3) is 0 Å². The van der Waals surface area contributed by atoms with E-state index in [-0.39, 0.29) is 12.1 Å². The van der Waals surface area contributed by atoms with Gasteiger partial charge in [-0.15, -0.1) is 0 Å². The Labute approximate surface area is 85.0 Å². The first-order chi connectivity index (χ1) is 6.88. The maximum absolute atomic E-state index is 10.1. The zero-order chi connectivity index (χ0) is 9.80. The fourth-order valence-corrected chi connectivity index (χ4v) is 2.03. The van der Waals surface area contributed by atoms with Crippen molar-refractivity contribution in [3.05, 3.63) is 35.9 Å². The maximum atomic E-state index is 10.1. The second kappa shape index (κ2) is 4.58. The molecule has 1 heterocycles. The van der Waals surface area contributed by atoms with Gasteiger partial charge < -0.3 is 10.4 Å². The standard InChI is InChI=1S/C12H17NO/c14-12(10-6-2-1-3-7-10)11-8-4-5-9-13-11/h1-3,6-7,11-14H,4-5,8-9H2/t11-,12+/m1/s1. The van der Waals surface area contributed by atoms with Crippen LogP contribution in [0.3, 0.4) is 0 Å². The molecule has 76 valence electrons. The van der Waals surface area contributed by atoms with Crippen LogP contribution in [0, 0.1) is 0 Å². The minimum absolute atomic E-state index is 0.242. The van der Waals surface area contributed by atoms with E-state index in [2.05, 4.69) is 5.32 Å². The van der Waals surface area contributed by atoms with Crippen LogP contribution < -0.4 is 5.32 Å². The lowest BCUT2D eigenvalue weighted by Crippen LogP contribution is -2.38. The van der Waals surface area contributed by atoms with E-state index >= 15 is 0 Å². The molecular formula is C12H17NO. The topological polar surface area (TPSA) is 32.3 Å². The number of hydrogen-bond acceptors (Lipinski definition) is 2. The highest BCUT2D eigenvalue weighted by Gasteiger charge is 2.21.